The highest BCUT2D eigenvalue weighted by Gasteiger charge is 2.14. The molecule has 1 rings (SSSR count). The number of anilines is 1. The van der Waals surface area contributed by atoms with E-state index in [-0.39, 0.29) is 16.5 Å². The van der Waals surface area contributed by atoms with Crippen molar-refractivity contribution in [3.63, 3.8) is 0 Å². The van der Waals surface area contributed by atoms with Gasteiger partial charge < -0.3 is 5.32 Å². The summed E-state index contributed by atoms with van der Waals surface area (Å²) in [5, 5.41) is 7.55. The molecule has 0 saturated heterocycles. The molecule has 0 aliphatic rings. The van der Waals surface area contributed by atoms with Gasteiger partial charge in [-0.3, -0.25) is 4.79 Å². The zero-order chi connectivity index (χ0) is 12.2. The standard InChI is InChI=1S/C10H14N2O3S/c1-2-5-10(13)12-8-6-3-4-7-9(8)16(11,14)15/h3-4,6-7H,2,5H2,1H3,(H,12,13)(H2,11,14,15). The number of carbonyl (C=O) groups is 1. The third kappa shape index (κ3) is 3.32. The van der Waals surface area contributed by atoms with Gasteiger partial charge in [-0.1, -0.05) is 19.1 Å². The summed E-state index contributed by atoms with van der Waals surface area (Å²) < 4.78 is 22.4. The molecule has 5 nitrogen and oxygen atoms in total. The Hall–Kier alpha value is -1.40. The number of benzene rings is 1. The Labute approximate surface area is 94.7 Å². The molecule has 0 heterocycles. The van der Waals surface area contributed by atoms with E-state index in [1.54, 1.807) is 12.1 Å². The van der Waals surface area contributed by atoms with Gasteiger partial charge in [-0.2, -0.15) is 0 Å². The summed E-state index contributed by atoms with van der Waals surface area (Å²) in [5.41, 5.74) is 0.225. The van der Waals surface area contributed by atoms with Crippen LogP contribution in [0.15, 0.2) is 29.2 Å². The molecule has 1 aromatic carbocycles. The van der Waals surface area contributed by atoms with Crippen LogP contribution < -0.4 is 10.5 Å². The number of hydrogen-bond acceptors (Lipinski definition) is 3. The Kier molecular flexibility index (Phi) is 4.03. The van der Waals surface area contributed by atoms with Gasteiger partial charge in [-0.05, 0) is 18.6 Å². The second-order valence-corrected chi connectivity index (χ2v) is 4.87. The molecule has 0 aromatic heterocycles. The molecular weight excluding hydrogens is 228 g/mol. The summed E-state index contributed by atoms with van der Waals surface area (Å²) in [7, 11) is -3.81. The van der Waals surface area contributed by atoms with E-state index in [0.29, 0.717) is 12.8 Å². The summed E-state index contributed by atoms with van der Waals surface area (Å²) in [6.07, 6.45) is 1.04. The monoisotopic (exact) mass is 242 g/mol. The molecular formula is C10H14N2O3S. The lowest BCUT2D eigenvalue weighted by Gasteiger charge is -2.08. The van der Waals surface area contributed by atoms with Gasteiger partial charge in [0.05, 0.1) is 5.69 Å². The van der Waals surface area contributed by atoms with Crippen molar-refractivity contribution in [2.75, 3.05) is 5.32 Å². The van der Waals surface area contributed by atoms with Crippen LogP contribution in [-0.2, 0) is 14.8 Å². The van der Waals surface area contributed by atoms with Gasteiger partial charge in [0.1, 0.15) is 4.90 Å². The zero-order valence-corrected chi connectivity index (χ0v) is 9.75. The van der Waals surface area contributed by atoms with Crippen molar-refractivity contribution in [1.29, 1.82) is 0 Å². The Morgan fingerprint density at radius 1 is 1.38 bits per heavy atom. The van der Waals surface area contributed by atoms with Gasteiger partial charge in [0.2, 0.25) is 15.9 Å². The van der Waals surface area contributed by atoms with Gasteiger partial charge in [0, 0.05) is 6.42 Å². The van der Waals surface area contributed by atoms with Crippen molar-refractivity contribution in [1.82, 2.24) is 0 Å². The number of para-hydroxylation sites is 1. The highest BCUT2D eigenvalue weighted by Crippen LogP contribution is 2.19. The minimum atomic E-state index is -3.81. The van der Waals surface area contributed by atoms with Crippen LogP contribution in [0.3, 0.4) is 0 Å². The molecule has 0 atom stereocenters. The summed E-state index contributed by atoms with van der Waals surface area (Å²) >= 11 is 0. The fourth-order valence-electron chi connectivity index (χ4n) is 1.26. The summed E-state index contributed by atoms with van der Waals surface area (Å²) in [4.78, 5) is 11.3. The maximum Gasteiger partial charge on any atom is 0.240 e. The van der Waals surface area contributed by atoms with E-state index in [1.165, 1.54) is 12.1 Å². The molecule has 1 aromatic rings. The van der Waals surface area contributed by atoms with Crippen LogP contribution in [0, 0.1) is 0 Å². The van der Waals surface area contributed by atoms with Crippen LogP contribution in [0.1, 0.15) is 19.8 Å². The third-order valence-electron chi connectivity index (χ3n) is 1.94. The molecule has 88 valence electrons. The maximum atomic E-state index is 11.3. The average Bonchev–Trinajstić information content (AvgIpc) is 2.17. The van der Waals surface area contributed by atoms with Crippen LogP contribution >= 0.6 is 0 Å². The van der Waals surface area contributed by atoms with E-state index >= 15 is 0 Å². The van der Waals surface area contributed by atoms with Crippen LogP contribution in [-0.4, -0.2) is 14.3 Å². The first-order chi connectivity index (χ1) is 7.45. The molecule has 1 amide bonds. The number of carbonyl (C=O) groups excluding carboxylic acids is 1. The van der Waals surface area contributed by atoms with Gasteiger partial charge in [0.15, 0.2) is 0 Å². The quantitative estimate of drug-likeness (QED) is 0.827. The molecule has 0 aliphatic heterocycles. The number of rotatable bonds is 4. The van der Waals surface area contributed by atoms with Crippen molar-refractivity contribution in [3.8, 4) is 0 Å². The van der Waals surface area contributed by atoms with Crippen molar-refractivity contribution in [2.45, 2.75) is 24.7 Å². The van der Waals surface area contributed by atoms with Crippen LogP contribution in [0.2, 0.25) is 0 Å². The number of amides is 1. The molecule has 16 heavy (non-hydrogen) atoms. The molecule has 0 radical (unpaired) electrons. The van der Waals surface area contributed by atoms with Gasteiger partial charge in [-0.25, -0.2) is 13.6 Å². The minimum absolute atomic E-state index is 0.0700. The van der Waals surface area contributed by atoms with Gasteiger partial charge >= 0.3 is 0 Å². The summed E-state index contributed by atoms with van der Waals surface area (Å²) in [6, 6.07) is 6.05. The van der Waals surface area contributed by atoms with Crippen molar-refractivity contribution in [2.24, 2.45) is 5.14 Å². The first-order valence-electron chi connectivity index (χ1n) is 4.87. The number of primary sulfonamides is 1. The predicted molar refractivity (Wildman–Crippen MR) is 61.4 cm³/mol. The lowest BCUT2D eigenvalue weighted by molar-refractivity contribution is -0.116. The molecule has 0 spiro atoms. The number of sulfonamides is 1. The Morgan fingerprint density at radius 2 is 2.00 bits per heavy atom. The Bertz CT molecular complexity index is 483. The van der Waals surface area contributed by atoms with E-state index < -0.39 is 10.0 Å². The summed E-state index contributed by atoms with van der Waals surface area (Å²) in [6.45, 7) is 1.87. The van der Waals surface area contributed by atoms with E-state index in [9.17, 15) is 13.2 Å². The van der Waals surface area contributed by atoms with E-state index in [2.05, 4.69) is 5.32 Å². The molecule has 0 unspecified atom stereocenters. The number of hydrogen-bond donors (Lipinski definition) is 2. The molecule has 0 fully saturated rings. The van der Waals surface area contributed by atoms with Crippen molar-refractivity contribution >= 4 is 21.6 Å². The highest BCUT2D eigenvalue weighted by molar-refractivity contribution is 7.89. The average molecular weight is 242 g/mol. The van der Waals surface area contributed by atoms with Crippen LogP contribution in [0.5, 0.6) is 0 Å². The topological polar surface area (TPSA) is 89.3 Å². The van der Waals surface area contributed by atoms with Gasteiger partial charge in [0.25, 0.3) is 0 Å². The third-order valence-corrected chi connectivity index (χ3v) is 2.91. The van der Waals surface area contributed by atoms with Crippen LogP contribution in [0.25, 0.3) is 0 Å². The van der Waals surface area contributed by atoms with E-state index in [1.807, 2.05) is 6.92 Å². The largest absolute Gasteiger partial charge is 0.325 e. The fourth-order valence-corrected chi connectivity index (χ4v) is 1.95. The van der Waals surface area contributed by atoms with Crippen molar-refractivity contribution < 1.29 is 13.2 Å². The van der Waals surface area contributed by atoms with E-state index in [4.69, 9.17) is 5.14 Å². The molecule has 0 saturated carbocycles. The second-order valence-electron chi connectivity index (χ2n) is 3.34. The first kappa shape index (κ1) is 12.7. The molecule has 0 aliphatic carbocycles. The van der Waals surface area contributed by atoms with Crippen LogP contribution in [0.4, 0.5) is 5.69 Å². The highest BCUT2D eigenvalue weighted by atomic mass is 32.2. The predicted octanol–water partition coefficient (Wildman–Crippen LogP) is 1.07. The first-order valence-corrected chi connectivity index (χ1v) is 6.41. The Balaban J connectivity index is 3.01. The maximum absolute atomic E-state index is 11.3. The lowest BCUT2D eigenvalue weighted by atomic mass is 10.3. The second kappa shape index (κ2) is 5.09. The lowest BCUT2D eigenvalue weighted by Crippen LogP contribution is -2.17. The number of nitrogens with one attached hydrogen (secondary N) is 1. The van der Waals surface area contributed by atoms with Crippen molar-refractivity contribution in [3.05, 3.63) is 24.3 Å². The molecule has 6 heteroatoms. The smallest absolute Gasteiger partial charge is 0.240 e. The minimum Gasteiger partial charge on any atom is -0.325 e. The summed E-state index contributed by atoms with van der Waals surface area (Å²) in [5.74, 6) is -0.224. The molecule has 0 bridgehead atoms. The van der Waals surface area contributed by atoms with E-state index in [0.717, 1.165) is 0 Å². The number of nitrogens with two attached hydrogens (primary N) is 1. The zero-order valence-electron chi connectivity index (χ0n) is 8.93. The SMILES string of the molecule is CCCC(=O)Nc1ccccc1S(N)(=O)=O. The fraction of sp³-hybridized carbons (Fsp3) is 0.300. The normalized spacial score (nSPS) is 11.1. The molecule has 3 N–H and O–H groups in total. The Morgan fingerprint density at radius 3 is 2.56 bits per heavy atom. The van der Waals surface area contributed by atoms with Gasteiger partial charge in [-0.15, -0.1) is 0 Å².